The van der Waals surface area contributed by atoms with Gasteiger partial charge >= 0.3 is 11.9 Å². The third-order valence-electron chi connectivity index (χ3n) is 1.88. The van der Waals surface area contributed by atoms with Gasteiger partial charge in [0.15, 0.2) is 5.41 Å². The summed E-state index contributed by atoms with van der Waals surface area (Å²) in [5.74, 6) is -1.98. The van der Waals surface area contributed by atoms with Gasteiger partial charge in [0, 0.05) is 12.3 Å². The number of hydrogen-bond acceptors (Lipinski definition) is 4. The first-order chi connectivity index (χ1) is 6.94. The summed E-state index contributed by atoms with van der Waals surface area (Å²) in [5.41, 5.74) is -1.57. The topological polar surface area (TPSA) is 76.5 Å². The molecule has 1 heterocycles. The van der Waals surface area contributed by atoms with Crippen LogP contribution in [0, 0.1) is 5.41 Å². The summed E-state index contributed by atoms with van der Waals surface area (Å²) in [7, 11) is 0. The molecule has 0 bridgehead atoms. The Morgan fingerprint density at radius 2 is 2.07 bits per heavy atom. The van der Waals surface area contributed by atoms with Crippen molar-refractivity contribution < 1.29 is 19.4 Å². The Labute approximate surface area is 86.7 Å². The minimum Gasteiger partial charge on any atom is -0.480 e. The average Bonchev–Trinajstić information content (AvgIpc) is 2.18. The number of esters is 1. The Hall–Kier alpha value is -1.91. The summed E-state index contributed by atoms with van der Waals surface area (Å²) in [6.07, 6.45) is 1.45. The number of aliphatic carboxylic acids is 1. The summed E-state index contributed by atoms with van der Waals surface area (Å²) in [4.78, 5) is 25.9. The number of carbonyl (C=O) groups is 2. The monoisotopic (exact) mass is 209 g/mol. The standard InChI is InChI=1S/C10H11NO4/c1-10(2,8(12)13)9(14)15-7-5-3-4-6-11-7/h3-6H,1-2H3,(H,12,13). The maximum atomic E-state index is 11.4. The van der Waals surface area contributed by atoms with Crippen LogP contribution in [0.2, 0.25) is 0 Å². The molecule has 15 heavy (non-hydrogen) atoms. The van der Waals surface area contributed by atoms with Gasteiger partial charge in [0.05, 0.1) is 0 Å². The molecule has 0 saturated heterocycles. The van der Waals surface area contributed by atoms with Crippen molar-refractivity contribution in [2.75, 3.05) is 0 Å². The van der Waals surface area contributed by atoms with E-state index < -0.39 is 17.4 Å². The maximum Gasteiger partial charge on any atom is 0.329 e. The van der Waals surface area contributed by atoms with Crippen LogP contribution in [-0.4, -0.2) is 22.0 Å². The largest absolute Gasteiger partial charge is 0.480 e. The molecule has 0 unspecified atom stereocenters. The fourth-order valence-electron chi connectivity index (χ4n) is 0.717. The van der Waals surface area contributed by atoms with Gasteiger partial charge in [-0.05, 0) is 19.9 Å². The first-order valence-electron chi connectivity index (χ1n) is 4.31. The maximum absolute atomic E-state index is 11.4. The molecule has 0 fully saturated rings. The van der Waals surface area contributed by atoms with E-state index in [0.717, 1.165) is 0 Å². The van der Waals surface area contributed by atoms with Gasteiger partial charge in [-0.2, -0.15) is 0 Å². The summed E-state index contributed by atoms with van der Waals surface area (Å²) in [5, 5.41) is 8.77. The molecule has 0 atom stereocenters. The molecular weight excluding hydrogens is 198 g/mol. The van der Waals surface area contributed by atoms with Crippen LogP contribution in [0.15, 0.2) is 24.4 Å². The predicted octanol–water partition coefficient (Wildman–Crippen LogP) is 1.10. The van der Waals surface area contributed by atoms with Crippen molar-refractivity contribution >= 4 is 11.9 Å². The van der Waals surface area contributed by atoms with Crippen LogP contribution in [0.4, 0.5) is 0 Å². The number of hydrogen-bond donors (Lipinski definition) is 1. The van der Waals surface area contributed by atoms with E-state index in [0.29, 0.717) is 0 Å². The highest BCUT2D eigenvalue weighted by Crippen LogP contribution is 2.18. The third-order valence-corrected chi connectivity index (χ3v) is 1.88. The first-order valence-corrected chi connectivity index (χ1v) is 4.31. The van der Waals surface area contributed by atoms with E-state index in [4.69, 9.17) is 9.84 Å². The lowest BCUT2D eigenvalue weighted by molar-refractivity contribution is -0.160. The zero-order chi connectivity index (χ0) is 11.5. The minimum absolute atomic E-state index is 0.0943. The molecule has 1 aromatic rings. The van der Waals surface area contributed by atoms with Crippen molar-refractivity contribution in [3.8, 4) is 5.88 Å². The molecule has 1 N–H and O–H groups in total. The summed E-state index contributed by atoms with van der Waals surface area (Å²) in [6, 6.07) is 4.79. The minimum atomic E-state index is -1.57. The molecule has 0 saturated carbocycles. The Morgan fingerprint density at radius 1 is 1.40 bits per heavy atom. The predicted molar refractivity (Wildman–Crippen MR) is 51.3 cm³/mol. The fourth-order valence-corrected chi connectivity index (χ4v) is 0.717. The number of ether oxygens (including phenoxy) is 1. The Morgan fingerprint density at radius 3 is 2.53 bits per heavy atom. The van der Waals surface area contributed by atoms with Crippen LogP contribution in [0.25, 0.3) is 0 Å². The molecule has 1 rings (SSSR count). The van der Waals surface area contributed by atoms with E-state index in [2.05, 4.69) is 4.98 Å². The number of pyridine rings is 1. The average molecular weight is 209 g/mol. The Kier molecular flexibility index (Phi) is 3.04. The molecule has 0 amide bonds. The van der Waals surface area contributed by atoms with Crippen molar-refractivity contribution in [3.63, 3.8) is 0 Å². The van der Waals surface area contributed by atoms with E-state index in [-0.39, 0.29) is 5.88 Å². The van der Waals surface area contributed by atoms with Gasteiger partial charge in [-0.15, -0.1) is 0 Å². The molecule has 80 valence electrons. The normalized spacial score (nSPS) is 10.8. The van der Waals surface area contributed by atoms with Crippen LogP contribution in [0.5, 0.6) is 5.88 Å². The van der Waals surface area contributed by atoms with Gasteiger partial charge in [-0.3, -0.25) is 9.59 Å². The highest BCUT2D eigenvalue weighted by molar-refractivity contribution is 5.98. The van der Waals surface area contributed by atoms with Gasteiger partial charge in [-0.1, -0.05) is 6.07 Å². The molecule has 0 aromatic carbocycles. The van der Waals surface area contributed by atoms with Crippen molar-refractivity contribution in [3.05, 3.63) is 24.4 Å². The fraction of sp³-hybridized carbons (Fsp3) is 0.300. The van der Waals surface area contributed by atoms with E-state index in [9.17, 15) is 9.59 Å². The summed E-state index contributed by atoms with van der Waals surface area (Å²) >= 11 is 0. The first kappa shape index (κ1) is 11.2. The van der Waals surface area contributed by atoms with Crippen LogP contribution in [0.1, 0.15) is 13.8 Å². The van der Waals surface area contributed by atoms with Crippen molar-refractivity contribution in [2.45, 2.75) is 13.8 Å². The number of rotatable bonds is 3. The highest BCUT2D eigenvalue weighted by atomic mass is 16.5. The number of nitrogens with zero attached hydrogens (tertiary/aromatic N) is 1. The second-order valence-electron chi connectivity index (χ2n) is 3.49. The van der Waals surface area contributed by atoms with Crippen molar-refractivity contribution in [2.24, 2.45) is 5.41 Å². The molecule has 0 aliphatic rings. The van der Waals surface area contributed by atoms with Gasteiger partial charge in [0.25, 0.3) is 0 Å². The number of carbonyl (C=O) groups excluding carboxylic acids is 1. The number of carboxylic acid groups (broad SMARTS) is 1. The Bertz CT molecular complexity index is 372. The lowest BCUT2D eigenvalue weighted by Crippen LogP contribution is -2.36. The molecule has 0 aliphatic carbocycles. The third kappa shape index (κ3) is 2.52. The van der Waals surface area contributed by atoms with Crippen LogP contribution >= 0.6 is 0 Å². The van der Waals surface area contributed by atoms with Crippen molar-refractivity contribution in [1.29, 1.82) is 0 Å². The summed E-state index contributed by atoms with van der Waals surface area (Å²) < 4.78 is 4.81. The Balaban J connectivity index is 2.77. The van der Waals surface area contributed by atoms with Gasteiger partial charge < -0.3 is 9.84 Å². The van der Waals surface area contributed by atoms with Crippen LogP contribution < -0.4 is 4.74 Å². The lowest BCUT2D eigenvalue weighted by atomic mass is 9.94. The zero-order valence-electron chi connectivity index (χ0n) is 8.43. The zero-order valence-corrected chi connectivity index (χ0v) is 8.43. The summed E-state index contributed by atoms with van der Waals surface area (Å²) in [6.45, 7) is 2.56. The second kappa shape index (κ2) is 4.08. The molecule has 1 aromatic heterocycles. The van der Waals surface area contributed by atoms with E-state index in [1.165, 1.54) is 26.1 Å². The van der Waals surface area contributed by atoms with Gasteiger partial charge in [-0.25, -0.2) is 4.98 Å². The smallest absolute Gasteiger partial charge is 0.329 e. The molecule has 0 radical (unpaired) electrons. The van der Waals surface area contributed by atoms with E-state index >= 15 is 0 Å². The van der Waals surface area contributed by atoms with Crippen molar-refractivity contribution in [1.82, 2.24) is 4.98 Å². The molecule has 0 spiro atoms. The van der Waals surface area contributed by atoms with E-state index in [1.807, 2.05) is 0 Å². The molecule has 5 heteroatoms. The van der Waals surface area contributed by atoms with Crippen LogP contribution in [-0.2, 0) is 9.59 Å². The quantitative estimate of drug-likeness (QED) is 0.595. The van der Waals surface area contributed by atoms with E-state index in [1.54, 1.807) is 12.1 Å². The highest BCUT2D eigenvalue weighted by Gasteiger charge is 2.38. The number of carboxylic acids is 1. The molecule has 0 aliphatic heterocycles. The van der Waals surface area contributed by atoms with Gasteiger partial charge in [0.1, 0.15) is 0 Å². The lowest BCUT2D eigenvalue weighted by Gasteiger charge is -2.16. The second-order valence-corrected chi connectivity index (χ2v) is 3.49. The molecular formula is C10H11NO4. The van der Waals surface area contributed by atoms with Gasteiger partial charge in [0.2, 0.25) is 5.88 Å². The molecule has 5 nitrogen and oxygen atoms in total. The number of aromatic nitrogens is 1. The van der Waals surface area contributed by atoms with Crippen LogP contribution in [0.3, 0.4) is 0 Å². The SMILES string of the molecule is CC(C)(C(=O)O)C(=O)Oc1ccccn1.